The van der Waals surface area contributed by atoms with Crippen molar-refractivity contribution in [2.45, 2.75) is 37.8 Å². The van der Waals surface area contributed by atoms with Gasteiger partial charge in [-0.1, -0.05) is 31.0 Å². The molecule has 7 heteroatoms. The van der Waals surface area contributed by atoms with Gasteiger partial charge in [-0.15, -0.1) is 5.10 Å². The molecule has 1 atom stereocenters. The van der Waals surface area contributed by atoms with Gasteiger partial charge in [0, 0.05) is 11.3 Å². The van der Waals surface area contributed by atoms with Crippen LogP contribution in [0.4, 0.5) is 5.69 Å². The Morgan fingerprint density at radius 2 is 1.68 bits per heavy atom. The van der Waals surface area contributed by atoms with Crippen molar-refractivity contribution in [2.75, 3.05) is 38.2 Å². The number of hydrogen-bond acceptors (Lipinski definition) is 5. The third kappa shape index (κ3) is 4.14. The predicted octanol–water partition coefficient (Wildman–Crippen LogP) is 2.29. The molecule has 2 aromatic carbocycles. The van der Waals surface area contributed by atoms with Crippen LogP contribution in [0.2, 0.25) is 0 Å². The van der Waals surface area contributed by atoms with Crippen molar-refractivity contribution in [1.29, 1.82) is 0 Å². The van der Waals surface area contributed by atoms with Gasteiger partial charge in [-0.25, -0.2) is 4.68 Å². The van der Waals surface area contributed by atoms with E-state index in [0.29, 0.717) is 6.04 Å². The van der Waals surface area contributed by atoms with Crippen LogP contribution >= 0.6 is 0 Å². The molecule has 1 saturated carbocycles. The smallest absolute Gasteiger partial charge is 0.214 e. The zero-order chi connectivity index (χ0) is 21.0. The summed E-state index contributed by atoms with van der Waals surface area (Å²) < 4.78 is 7.52. The maximum absolute atomic E-state index is 5.39. The van der Waals surface area contributed by atoms with Crippen molar-refractivity contribution in [3.8, 4) is 5.75 Å². The Bertz CT molecular complexity index is 959. The summed E-state index contributed by atoms with van der Waals surface area (Å²) in [4.78, 5) is 4.00. The van der Waals surface area contributed by atoms with Gasteiger partial charge < -0.3 is 14.5 Å². The molecule has 0 spiro atoms. The molecular weight excluding hydrogens is 388 g/mol. The predicted molar refractivity (Wildman–Crippen MR) is 120 cm³/mol. The van der Waals surface area contributed by atoms with Gasteiger partial charge in [0.15, 0.2) is 6.04 Å². The van der Waals surface area contributed by atoms with Gasteiger partial charge >= 0.3 is 0 Å². The molecule has 1 aliphatic heterocycles. The molecule has 2 heterocycles. The first-order valence-corrected chi connectivity index (χ1v) is 11.4. The van der Waals surface area contributed by atoms with Crippen molar-refractivity contribution in [3.63, 3.8) is 0 Å². The van der Waals surface area contributed by atoms with Crippen LogP contribution in [-0.2, 0) is 0 Å². The van der Waals surface area contributed by atoms with Gasteiger partial charge in [0.2, 0.25) is 5.82 Å². The number of tetrazole rings is 1. The van der Waals surface area contributed by atoms with E-state index in [0.717, 1.165) is 37.8 Å². The van der Waals surface area contributed by atoms with Crippen molar-refractivity contribution < 1.29 is 9.64 Å². The topological polar surface area (TPSA) is 60.5 Å². The maximum atomic E-state index is 5.39. The second-order valence-corrected chi connectivity index (χ2v) is 8.61. The first kappa shape index (κ1) is 20.0. The molecule has 7 nitrogen and oxygen atoms in total. The lowest BCUT2D eigenvalue weighted by molar-refractivity contribution is -0.927. The highest BCUT2D eigenvalue weighted by molar-refractivity contribution is 5.46. The monoisotopic (exact) mass is 419 g/mol. The van der Waals surface area contributed by atoms with E-state index in [1.54, 1.807) is 7.11 Å². The summed E-state index contributed by atoms with van der Waals surface area (Å²) in [6.07, 6.45) is 4.87. The van der Waals surface area contributed by atoms with Crippen LogP contribution in [0, 0.1) is 0 Å². The lowest BCUT2D eigenvalue weighted by atomic mass is 10.0. The van der Waals surface area contributed by atoms with Gasteiger partial charge in [0.1, 0.15) is 5.75 Å². The Labute approximate surface area is 183 Å². The van der Waals surface area contributed by atoms with Crippen LogP contribution in [0.15, 0.2) is 54.6 Å². The number of anilines is 1. The van der Waals surface area contributed by atoms with Crippen molar-refractivity contribution in [2.24, 2.45) is 0 Å². The van der Waals surface area contributed by atoms with Crippen molar-refractivity contribution >= 4 is 5.69 Å². The molecule has 31 heavy (non-hydrogen) atoms. The summed E-state index contributed by atoms with van der Waals surface area (Å²) in [6, 6.07) is 19.7. The summed E-state index contributed by atoms with van der Waals surface area (Å²) in [5.74, 6) is 1.88. The fourth-order valence-electron chi connectivity index (χ4n) is 5.14. The fourth-order valence-corrected chi connectivity index (χ4v) is 5.14. The molecule has 1 N–H and O–H groups in total. The van der Waals surface area contributed by atoms with E-state index >= 15 is 0 Å². The number of methoxy groups -OCH3 is 1. The fraction of sp³-hybridized carbons (Fsp3) is 0.458. The van der Waals surface area contributed by atoms with Crippen LogP contribution in [0.25, 0.3) is 0 Å². The Balaban J connectivity index is 1.43. The zero-order valence-corrected chi connectivity index (χ0v) is 18.2. The SMILES string of the molecule is COc1ccc([C@@H](c2nnnn2C2CCCC2)[NH+]2CCN(c3ccccc3)CC2)cc1. The minimum absolute atomic E-state index is 0.124. The molecule has 0 amide bonds. The number of hydrogen-bond donors (Lipinski definition) is 1. The molecule has 1 saturated heterocycles. The molecule has 5 rings (SSSR count). The number of quaternary nitrogens is 1. The molecule has 2 fully saturated rings. The van der Waals surface area contributed by atoms with E-state index < -0.39 is 0 Å². The van der Waals surface area contributed by atoms with E-state index in [1.165, 1.54) is 41.8 Å². The van der Waals surface area contributed by atoms with E-state index in [-0.39, 0.29) is 6.04 Å². The third-order valence-corrected chi connectivity index (χ3v) is 6.83. The average Bonchev–Trinajstić information content (AvgIpc) is 3.53. The molecule has 1 aliphatic carbocycles. The van der Waals surface area contributed by atoms with E-state index in [9.17, 15) is 0 Å². The second kappa shape index (κ2) is 9.06. The molecule has 2 aliphatic rings. The number of nitrogens with zero attached hydrogens (tertiary/aromatic N) is 5. The molecule has 162 valence electrons. The van der Waals surface area contributed by atoms with Crippen LogP contribution in [-0.4, -0.2) is 53.5 Å². The van der Waals surface area contributed by atoms with Gasteiger partial charge in [-0.05, 0) is 59.7 Å². The molecule has 0 radical (unpaired) electrons. The second-order valence-electron chi connectivity index (χ2n) is 8.61. The molecule has 3 aromatic rings. The lowest BCUT2D eigenvalue weighted by Gasteiger charge is -2.37. The summed E-state index contributed by atoms with van der Waals surface area (Å²) in [7, 11) is 1.71. The number of nitrogens with one attached hydrogen (secondary N) is 1. The maximum Gasteiger partial charge on any atom is 0.214 e. The first-order valence-electron chi connectivity index (χ1n) is 11.4. The molecule has 0 bridgehead atoms. The van der Waals surface area contributed by atoms with Crippen molar-refractivity contribution in [1.82, 2.24) is 20.2 Å². The normalized spacial score (nSPS) is 18.9. The minimum atomic E-state index is 0.124. The van der Waals surface area contributed by atoms with E-state index in [2.05, 4.69) is 67.6 Å². The number of aromatic nitrogens is 4. The number of rotatable bonds is 6. The Morgan fingerprint density at radius 1 is 0.968 bits per heavy atom. The summed E-state index contributed by atoms with van der Waals surface area (Å²) >= 11 is 0. The average molecular weight is 420 g/mol. The standard InChI is InChI=1S/C24H30N6O/c1-31-22-13-11-19(12-14-22)23(24-25-26-27-30(24)21-9-5-6-10-21)29-17-15-28(16-18-29)20-7-3-2-4-8-20/h2-4,7-8,11-14,21,23H,5-6,9-10,15-18H2,1H3/p+1/t23-/m0/s1. The highest BCUT2D eigenvalue weighted by Gasteiger charge is 2.36. The van der Waals surface area contributed by atoms with E-state index in [4.69, 9.17) is 4.74 Å². The Morgan fingerprint density at radius 3 is 2.35 bits per heavy atom. The number of para-hydroxylation sites is 1. The molecular formula is C24H31N6O+. The third-order valence-electron chi connectivity index (χ3n) is 6.83. The number of ether oxygens (including phenoxy) is 1. The van der Waals surface area contributed by atoms with Crippen molar-refractivity contribution in [3.05, 3.63) is 66.0 Å². The van der Waals surface area contributed by atoms with Crippen LogP contribution < -0.4 is 14.5 Å². The van der Waals surface area contributed by atoms with Crippen LogP contribution in [0.3, 0.4) is 0 Å². The van der Waals surface area contributed by atoms with Gasteiger partial charge in [0.05, 0.1) is 39.3 Å². The van der Waals surface area contributed by atoms with Gasteiger partial charge in [-0.2, -0.15) is 0 Å². The van der Waals surface area contributed by atoms with Gasteiger partial charge in [-0.3, -0.25) is 0 Å². The van der Waals surface area contributed by atoms with Gasteiger partial charge in [0.25, 0.3) is 0 Å². The van der Waals surface area contributed by atoms with E-state index in [1.807, 2.05) is 12.1 Å². The lowest BCUT2D eigenvalue weighted by Crippen LogP contribution is -3.15. The largest absolute Gasteiger partial charge is 0.497 e. The minimum Gasteiger partial charge on any atom is -0.497 e. The summed E-state index contributed by atoms with van der Waals surface area (Å²) in [6.45, 7) is 4.14. The Kier molecular flexibility index (Phi) is 5.84. The summed E-state index contributed by atoms with van der Waals surface area (Å²) in [5.41, 5.74) is 2.55. The summed E-state index contributed by atoms with van der Waals surface area (Å²) in [5, 5.41) is 13.1. The van der Waals surface area contributed by atoms with Crippen LogP contribution in [0.5, 0.6) is 5.75 Å². The first-order chi connectivity index (χ1) is 15.3. The number of piperazine rings is 1. The van der Waals surface area contributed by atoms with Crippen LogP contribution in [0.1, 0.15) is 49.2 Å². The molecule has 1 aromatic heterocycles. The zero-order valence-electron chi connectivity index (χ0n) is 18.2. The highest BCUT2D eigenvalue weighted by atomic mass is 16.5. The Hall–Kier alpha value is -2.93. The molecule has 0 unspecified atom stereocenters. The quantitative estimate of drug-likeness (QED) is 0.664. The number of benzene rings is 2. The highest BCUT2D eigenvalue weighted by Crippen LogP contribution is 2.31.